The predicted octanol–water partition coefficient (Wildman–Crippen LogP) is 0.524. The van der Waals surface area contributed by atoms with E-state index in [0.717, 1.165) is 5.56 Å². The Bertz CT molecular complexity index is 983. The molecule has 0 atom stereocenters. The number of carbonyl (C=O) groups excluding carboxylic acids is 1. The van der Waals surface area contributed by atoms with Gasteiger partial charge in [0, 0.05) is 24.2 Å². The molecule has 10 heteroatoms. The van der Waals surface area contributed by atoms with Crippen LogP contribution in [0.2, 0.25) is 0 Å². The lowest BCUT2D eigenvalue weighted by Gasteiger charge is -2.08. The molecular formula is C15H13N5O4S. The fourth-order valence-electron chi connectivity index (χ4n) is 2.17. The van der Waals surface area contributed by atoms with Crippen LogP contribution in [0.3, 0.4) is 0 Å². The normalized spacial score (nSPS) is 10.7. The van der Waals surface area contributed by atoms with Crippen LogP contribution in [0.15, 0.2) is 46.7 Å². The SMILES string of the molecule is O=C(O)CNC(=O)c1c(=O)cc(SCc2ccncc2)n2[nH]cnc12. The summed E-state index contributed by atoms with van der Waals surface area (Å²) in [6.07, 6.45) is 4.73. The number of rotatable bonds is 6. The van der Waals surface area contributed by atoms with E-state index < -0.39 is 23.9 Å². The molecule has 25 heavy (non-hydrogen) atoms. The van der Waals surface area contributed by atoms with Crippen LogP contribution in [0.25, 0.3) is 5.65 Å². The average Bonchev–Trinajstić information content (AvgIpc) is 3.08. The standard InChI is InChI=1S/C15H13N5O4S/c21-10-5-11(25-7-9-1-3-16-4-2-9)20-14(18-8-19-20)13(10)15(24)17-6-12(22)23/h1-5,8H,6-7H2,(H,17,24)(H,18,19)(H,22,23). The van der Waals surface area contributed by atoms with Crippen LogP contribution in [0, 0.1) is 0 Å². The number of nitrogens with zero attached hydrogens (tertiary/aromatic N) is 3. The third-order valence-corrected chi connectivity index (χ3v) is 4.37. The Morgan fingerprint density at radius 2 is 2.08 bits per heavy atom. The van der Waals surface area contributed by atoms with Gasteiger partial charge in [0.15, 0.2) is 11.1 Å². The van der Waals surface area contributed by atoms with E-state index in [1.54, 1.807) is 12.4 Å². The highest BCUT2D eigenvalue weighted by Gasteiger charge is 2.19. The van der Waals surface area contributed by atoms with Crippen LogP contribution in [-0.2, 0) is 10.5 Å². The maximum absolute atomic E-state index is 12.4. The van der Waals surface area contributed by atoms with E-state index in [1.807, 2.05) is 12.1 Å². The van der Waals surface area contributed by atoms with Crippen molar-refractivity contribution in [3.63, 3.8) is 0 Å². The molecular weight excluding hydrogens is 346 g/mol. The van der Waals surface area contributed by atoms with Crippen LogP contribution < -0.4 is 10.7 Å². The Morgan fingerprint density at radius 3 is 2.80 bits per heavy atom. The highest BCUT2D eigenvalue weighted by atomic mass is 32.2. The van der Waals surface area contributed by atoms with Gasteiger partial charge in [-0.3, -0.25) is 24.5 Å². The summed E-state index contributed by atoms with van der Waals surface area (Å²) in [6, 6.07) is 5.06. The van der Waals surface area contributed by atoms with Gasteiger partial charge in [0.1, 0.15) is 23.5 Å². The number of fused-ring (bicyclic) bond motifs is 1. The lowest BCUT2D eigenvalue weighted by molar-refractivity contribution is -0.135. The molecule has 0 saturated heterocycles. The van der Waals surface area contributed by atoms with E-state index in [4.69, 9.17) is 5.11 Å². The van der Waals surface area contributed by atoms with Gasteiger partial charge in [-0.25, -0.2) is 9.50 Å². The van der Waals surface area contributed by atoms with Crippen LogP contribution in [0.1, 0.15) is 15.9 Å². The van der Waals surface area contributed by atoms with E-state index in [-0.39, 0.29) is 11.2 Å². The fraction of sp³-hybridized carbons (Fsp3) is 0.133. The van der Waals surface area contributed by atoms with Crippen molar-refractivity contribution in [3.8, 4) is 0 Å². The van der Waals surface area contributed by atoms with Crippen LogP contribution in [-0.4, -0.2) is 43.1 Å². The Kier molecular flexibility index (Phi) is 4.80. The number of aromatic amines is 1. The number of hydrogen-bond acceptors (Lipinski definition) is 6. The third kappa shape index (κ3) is 3.69. The first kappa shape index (κ1) is 16.7. The zero-order valence-corrected chi connectivity index (χ0v) is 13.6. The summed E-state index contributed by atoms with van der Waals surface area (Å²) >= 11 is 1.40. The quantitative estimate of drug-likeness (QED) is 0.547. The molecule has 0 aliphatic rings. The monoisotopic (exact) mass is 359 g/mol. The summed E-state index contributed by atoms with van der Waals surface area (Å²) in [4.78, 5) is 43.0. The summed E-state index contributed by atoms with van der Waals surface area (Å²) < 4.78 is 1.52. The van der Waals surface area contributed by atoms with E-state index in [2.05, 4.69) is 20.4 Å². The summed E-state index contributed by atoms with van der Waals surface area (Å²) in [5.74, 6) is -1.37. The molecule has 9 nitrogen and oxygen atoms in total. The van der Waals surface area contributed by atoms with Crippen molar-refractivity contribution >= 4 is 29.3 Å². The molecule has 1 amide bonds. The van der Waals surface area contributed by atoms with Crippen LogP contribution in [0.4, 0.5) is 0 Å². The molecule has 128 valence electrons. The molecule has 3 aromatic rings. The minimum Gasteiger partial charge on any atom is -0.480 e. The minimum absolute atomic E-state index is 0.146. The second-order valence-corrected chi connectivity index (χ2v) is 5.98. The van der Waals surface area contributed by atoms with Gasteiger partial charge in [-0.05, 0) is 17.7 Å². The van der Waals surface area contributed by atoms with Crippen LogP contribution >= 0.6 is 11.8 Å². The lowest BCUT2D eigenvalue weighted by Crippen LogP contribution is -2.33. The number of H-pyrrole nitrogens is 1. The van der Waals surface area contributed by atoms with Crippen molar-refractivity contribution in [2.45, 2.75) is 10.8 Å². The Morgan fingerprint density at radius 1 is 1.32 bits per heavy atom. The number of thioether (sulfide) groups is 1. The van der Waals surface area contributed by atoms with Gasteiger partial charge in [0.25, 0.3) is 5.91 Å². The number of carbonyl (C=O) groups is 2. The van der Waals surface area contributed by atoms with Gasteiger partial charge >= 0.3 is 5.97 Å². The van der Waals surface area contributed by atoms with Crippen molar-refractivity contribution < 1.29 is 14.7 Å². The van der Waals surface area contributed by atoms with Gasteiger partial charge < -0.3 is 10.4 Å². The average molecular weight is 359 g/mol. The molecule has 0 spiro atoms. The molecule has 0 aromatic carbocycles. The highest BCUT2D eigenvalue weighted by molar-refractivity contribution is 7.98. The van der Waals surface area contributed by atoms with Crippen molar-refractivity contribution in [1.29, 1.82) is 0 Å². The lowest BCUT2D eigenvalue weighted by atomic mass is 10.2. The maximum Gasteiger partial charge on any atom is 0.322 e. The van der Waals surface area contributed by atoms with E-state index >= 15 is 0 Å². The number of carboxylic acids is 1. The van der Waals surface area contributed by atoms with E-state index in [0.29, 0.717) is 10.8 Å². The number of carboxylic acid groups (broad SMARTS) is 1. The number of pyridine rings is 2. The third-order valence-electron chi connectivity index (χ3n) is 3.29. The Balaban J connectivity index is 1.91. The fourth-order valence-corrected chi connectivity index (χ4v) is 3.14. The van der Waals surface area contributed by atoms with E-state index in [1.165, 1.54) is 28.7 Å². The molecule has 0 aliphatic heterocycles. The number of amides is 1. The molecule has 0 radical (unpaired) electrons. The number of hydrogen-bond donors (Lipinski definition) is 3. The molecule has 0 bridgehead atoms. The summed E-state index contributed by atoms with van der Waals surface area (Å²) in [5.41, 5.74) is 0.458. The molecule has 3 aromatic heterocycles. The van der Waals surface area contributed by atoms with Gasteiger partial charge in [0.05, 0.1) is 0 Å². The molecule has 3 N–H and O–H groups in total. The molecule has 0 unspecified atom stereocenters. The molecule has 0 fully saturated rings. The highest BCUT2D eigenvalue weighted by Crippen LogP contribution is 2.22. The first-order valence-electron chi connectivity index (χ1n) is 7.17. The van der Waals surface area contributed by atoms with Gasteiger partial charge in [-0.2, -0.15) is 0 Å². The zero-order chi connectivity index (χ0) is 17.8. The van der Waals surface area contributed by atoms with Crippen molar-refractivity contribution in [1.82, 2.24) is 24.9 Å². The number of nitrogens with one attached hydrogen (secondary N) is 2. The molecule has 0 saturated carbocycles. The van der Waals surface area contributed by atoms with Crippen molar-refractivity contribution in [2.24, 2.45) is 0 Å². The minimum atomic E-state index is -1.20. The smallest absolute Gasteiger partial charge is 0.322 e. The number of aliphatic carboxylic acids is 1. The number of aromatic nitrogens is 4. The predicted molar refractivity (Wildman–Crippen MR) is 89.6 cm³/mol. The zero-order valence-electron chi connectivity index (χ0n) is 12.8. The summed E-state index contributed by atoms with van der Waals surface area (Å²) in [5, 5.41) is 14.3. The van der Waals surface area contributed by atoms with Gasteiger partial charge in [-0.1, -0.05) is 0 Å². The maximum atomic E-state index is 12.4. The largest absolute Gasteiger partial charge is 0.480 e. The van der Waals surface area contributed by atoms with Gasteiger partial charge in [0.2, 0.25) is 0 Å². The topological polar surface area (TPSA) is 129 Å². The first-order valence-corrected chi connectivity index (χ1v) is 8.15. The second kappa shape index (κ2) is 7.18. The Labute approximate surface area is 145 Å². The molecule has 3 heterocycles. The van der Waals surface area contributed by atoms with Crippen molar-refractivity contribution in [2.75, 3.05) is 6.54 Å². The molecule has 3 rings (SSSR count). The van der Waals surface area contributed by atoms with Crippen molar-refractivity contribution in [3.05, 3.63) is 58.3 Å². The molecule has 0 aliphatic carbocycles. The van der Waals surface area contributed by atoms with Gasteiger partial charge in [-0.15, -0.1) is 11.8 Å². The van der Waals surface area contributed by atoms with E-state index in [9.17, 15) is 14.4 Å². The van der Waals surface area contributed by atoms with Crippen LogP contribution in [0.5, 0.6) is 0 Å². The second-order valence-electron chi connectivity index (χ2n) is 4.99. The summed E-state index contributed by atoms with van der Waals surface area (Å²) in [6.45, 7) is -0.576. The Hall–Kier alpha value is -3.14. The first-order chi connectivity index (χ1) is 12.1. The summed E-state index contributed by atoms with van der Waals surface area (Å²) in [7, 11) is 0.